The number of carbonyl (C=O) groups excluding carboxylic acids is 1. The number of ketones is 1. The van der Waals surface area contributed by atoms with Crippen molar-refractivity contribution in [2.24, 2.45) is 0 Å². The van der Waals surface area contributed by atoms with Crippen LogP contribution in [0.5, 0.6) is 5.75 Å². The molecule has 0 bridgehead atoms. The van der Waals surface area contributed by atoms with Crippen molar-refractivity contribution in [2.75, 3.05) is 6.61 Å². The highest BCUT2D eigenvalue weighted by Crippen LogP contribution is 2.20. The van der Waals surface area contributed by atoms with Gasteiger partial charge in [-0.25, -0.2) is 4.39 Å². The monoisotopic (exact) mass is 270 g/mol. The van der Waals surface area contributed by atoms with Crippen molar-refractivity contribution in [1.29, 1.82) is 0 Å². The lowest BCUT2D eigenvalue weighted by Gasteiger charge is -2.04. The van der Waals surface area contributed by atoms with Gasteiger partial charge in [-0.3, -0.25) is 4.79 Å². The van der Waals surface area contributed by atoms with Gasteiger partial charge in [0.25, 0.3) is 0 Å². The van der Waals surface area contributed by atoms with E-state index in [4.69, 9.17) is 16.3 Å². The second-order valence-electron chi connectivity index (χ2n) is 3.27. The van der Waals surface area contributed by atoms with E-state index < -0.39 is 5.82 Å². The van der Waals surface area contributed by atoms with Crippen LogP contribution in [-0.4, -0.2) is 12.4 Å². The number of hydrogen-bond donors (Lipinski definition) is 0. The van der Waals surface area contributed by atoms with Crippen LogP contribution in [0.4, 0.5) is 4.39 Å². The van der Waals surface area contributed by atoms with Gasteiger partial charge in [0, 0.05) is 6.07 Å². The van der Waals surface area contributed by atoms with Gasteiger partial charge in [0.05, 0.1) is 9.90 Å². The summed E-state index contributed by atoms with van der Waals surface area (Å²) in [5, 5.41) is 1.84. The first-order valence-corrected chi connectivity index (χ1v) is 6.07. The second-order valence-corrected chi connectivity index (χ2v) is 4.62. The zero-order valence-electron chi connectivity index (χ0n) is 8.65. The average Bonchev–Trinajstić information content (AvgIpc) is 2.84. The second kappa shape index (κ2) is 5.29. The molecule has 0 saturated heterocycles. The van der Waals surface area contributed by atoms with Crippen LogP contribution in [0.2, 0.25) is 5.02 Å². The molecular weight excluding hydrogens is 263 g/mol. The summed E-state index contributed by atoms with van der Waals surface area (Å²) in [6.07, 6.45) is 0. The molecule has 0 amide bonds. The Balaban J connectivity index is 1.98. The molecular formula is C12H8ClFO2S. The zero-order chi connectivity index (χ0) is 12.3. The average molecular weight is 271 g/mol. The van der Waals surface area contributed by atoms with E-state index in [2.05, 4.69) is 0 Å². The van der Waals surface area contributed by atoms with Gasteiger partial charge >= 0.3 is 0 Å². The fraction of sp³-hybridized carbons (Fsp3) is 0.0833. The summed E-state index contributed by atoms with van der Waals surface area (Å²) in [6, 6.07) is 7.58. The molecule has 0 N–H and O–H groups in total. The molecule has 0 aliphatic rings. The van der Waals surface area contributed by atoms with Crippen LogP contribution in [0.15, 0.2) is 35.7 Å². The van der Waals surface area contributed by atoms with Gasteiger partial charge in [-0.1, -0.05) is 17.7 Å². The van der Waals surface area contributed by atoms with E-state index >= 15 is 0 Å². The molecule has 1 aromatic heterocycles. The third kappa shape index (κ3) is 3.05. The first-order chi connectivity index (χ1) is 8.16. The van der Waals surface area contributed by atoms with Crippen LogP contribution in [0.3, 0.4) is 0 Å². The molecule has 0 atom stereocenters. The lowest BCUT2D eigenvalue weighted by Crippen LogP contribution is -2.10. The Hall–Kier alpha value is -1.39. The maximum absolute atomic E-state index is 13.1. The summed E-state index contributed by atoms with van der Waals surface area (Å²) in [6.45, 7) is -0.110. The summed E-state index contributed by atoms with van der Waals surface area (Å²) in [5.74, 6) is -0.403. The van der Waals surface area contributed by atoms with Gasteiger partial charge in [0.1, 0.15) is 11.6 Å². The van der Waals surface area contributed by atoms with E-state index in [1.165, 1.54) is 23.5 Å². The molecule has 17 heavy (non-hydrogen) atoms. The minimum absolute atomic E-state index is 0.0296. The maximum atomic E-state index is 13.1. The van der Waals surface area contributed by atoms with E-state index in [0.717, 1.165) is 6.07 Å². The summed E-state index contributed by atoms with van der Waals surface area (Å²) < 4.78 is 18.3. The van der Waals surface area contributed by atoms with Crippen molar-refractivity contribution in [1.82, 2.24) is 0 Å². The van der Waals surface area contributed by atoms with Crippen molar-refractivity contribution in [3.63, 3.8) is 0 Å². The summed E-state index contributed by atoms with van der Waals surface area (Å²) in [4.78, 5) is 12.2. The Morgan fingerprint density at radius 1 is 1.41 bits per heavy atom. The standard InChI is InChI=1S/C12H8ClFO2S/c13-9-4-3-8(6-10(9)14)16-7-11(15)12-2-1-5-17-12/h1-6H,7H2. The molecule has 1 aromatic carbocycles. The van der Waals surface area contributed by atoms with Crippen LogP contribution in [0, 0.1) is 5.82 Å². The van der Waals surface area contributed by atoms with Crippen LogP contribution < -0.4 is 4.74 Å². The van der Waals surface area contributed by atoms with Crippen LogP contribution >= 0.6 is 22.9 Å². The topological polar surface area (TPSA) is 26.3 Å². The summed E-state index contributed by atoms with van der Waals surface area (Å²) >= 11 is 6.88. The molecule has 0 aliphatic carbocycles. The number of hydrogen-bond acceptors (Lipinski definition) is 3. The van der Waals surface area contributed by atoms with E-state index in [0.29, 0.717) is 4.88 Å². The zero-order valence-corrected chi connectivity index (χ0v) is 10.2. The molecule has 1 heterocycles. The largest absolute Gasteiger partial charge is 0.485 e. The molecule has 2 nitrogen and oxygen atoms in total. The molecule has 2 rings (SSSR count). The van der Waals surface area contributed by atoms with Crippen molar-refractivity contribution < 1.29 is 13.9 Å². The highest BCUT2D eigenvalue weighted by Gasteiger charge is 2.08. The molecule has 0 aliphatic heterocycles. The Kier molecular flexibility index (Phi) is 3.76. The SMILES string of the molecule is O=C(COc1ccc(Cl)c(F)c1)c1cccs1. The Morgan fingerprint density at radius 2 is 2.24 bits per heavy atom. The number of benzene rings is 1. The molecule has 0 saturated carbocycles. The first-order valence-electron chi connectivity index (χ1n) is 4.81. The minimum Gasteiger partial charge on any atom is -0.485 e. The lowest BCUT2D eigenvalue weighted by atomic mass is 10.3. The smallest absolute Gasteiger partial charge is 0.210 e. The van der Waals surface area contributed by atoms with Crippen LogP contribution in [0.1, 0.15) is 9.67 Å². The first kappa shape index (κ1) is 12.1. The fourth-order valence-corrected chi connectivity index (χ4v) is 1.99. The number of halogens is 2. The van der Waals surface area contributed by atoms with Crippen molar-refractivity contribution >= 4 is 28.7 Å². The maximum Gasteiger partial charge on any atom is 0.210 e. The number of carbonyl (C=O) groups is 1. The van der Waals surface area contributed by atoms with E-state index in [1.807, 2.05) is 5.38 Å². The van der Waals surface area contributed by atoms with E-state index in [-0.39, 0.29) is 23.2 Å². The molecule has 0 unspecified atom stereocenters. The van der Waals surface area contributed by atoms with Gasteiger partial charge in [0.2, 0.25) is 5.78 Å². The number of rotatable bonds is 4. The third-order valence-corrected chi connectivity index (χ3v) is 3.27. The number of ether oxygens (including phenoxy) is 1. The fourth-order valence-electron chi connectivity index (χ4n) is 1.22. The highest BCUT2D eigenvalue weighted by molar-refractivity contribution is 7.12. The molecule has 0 spiro atoms. The lowest BCUT2D eigenvalue weighted by molar-refractivity contribution is 0.0925. The van der Waals surface area contributed by atoms with Gasteiger partial charge in [-0.15, -0.1) is 11.3 Å². The van der Waals surface area contributed by atoms with Gasteiger partial charge < -0.3 is 4.74 Å². The molecule has 5 heteroatoms. The summed E-state index contributed by atoms with van der Waals surface area (Å²) in [7, 11) is 0. The number of Topliss-reactive ketones (excluding diaryl/α,β-unsaturated/α-hetero) is 1. The van der Waals surface area contributed by atoms with Crippen LogP contribution in [0.25, 0.3) is 0 Å². The normalized spacial score (nSPS) is 10.2. The van der Waals surface area contributed by atoms with E-state index in [1.54, 1.807) is 12.1 Å². The Labute approximate surface area is 107 Å². The van der Waals surface area contributed by atoms with E-state index in [9.17, 15) is 9.18 Å². The van der Waals surface area contributed by atoms with Crippen LogP contribution in [-0.2, 0) is 0 Å². The predicted molar refractivity (Wildman–Crippen MR) is 65.6 cm³/mol. The predicted octanol–water partition coefficient (Wildman–Crippen LogP) is 3.80. The van der Waals surface area contributed by atoms with Crippen molar-refractivity contribution in [3.8, 4) is 5.75 Å². The van der Waals surface area contributed by atoms with Gasteiger partial charge in [0.15, 0.2) is 6.61 Å². The summed E-state index contributed by atoms with van der Waals surface area (Å²) in [5.41, 5.74) is 0. The Morgan fingerprint density at radius 3 is 2.88 bits per heavy atom. The minimum atomic E-state index is -0.562. The van der Waals surface area contributed by atoms with Crippen molar-refractivity contribution in [2.45, 2.75) is 0 Å². The molecule has 2 aromatic rings. The highest BCUT2D eigenvalue weighted by atomic mass is 35.5. The number of thiophene rings is 1. The Bertz CT molecular complexity index is 525. The molecule has 88 valence electrons. The third-order valence-electron chi connectivity index (χ3n) is 2.06. The molecule has 0 fully saturated rings. The molecule has 0 radical (unpaired) electrons. The van der Waals surface area contributed by atoms with Crippen molar-refractivity contribution in [3.05, 3.63) is 51.4 Å². The van der Waals surface area contributed by atoms with Gasteiger partial charge in [-0.05, 0) is 23.6 Å². The quantitative estimate of drug-likeness (QED) is 0.790. The van der Waals surface area contributed by atoms with Gasteiger partial charge in [-0.2, -0.15) is 0 Å².